The fourth-order valence-electron chi connectivity index (χ4n) is 8.68. The first-order valence-electron chi connectivity index (χ1n) is 18.9. The normalized spacial score (nSPS) is 11.6. The van der Waals surface area contributed by atoms with Gasteiger partial charge in [-0.25, -0.2) is 0 Å². The Morgan fingerprint density at radius 3 is 1.60 bits per heavy atom. The molecule has 0 aliphatic rings. The molecule has 55 heavy (non-hydrogen) atoms. The Kier molecular flexibility index (Phi) is 7.17. The van der Waals surface area contributed by atoms with Gasteiger partial charge in [0.25, 0.3) is 0 Å². The van der Waals surface area contributed by atoms with Gasteiger partial charge in [0, 0.05) is 55.2 Å². The summed E-state index contributed by atoms with van der Waals surface area (Å²) in [5, 5.41) is 7.31. The monoisotopic (exact) mass is 701 g/mol. The molecule has 0 atom stereocenters. The predicted octanol–water partition coefficient (Wildman–Crippen LogP) is 14.2. The molecule has 0 radical (unpaired) electrons. The summed E-state index contributed by atoms with van der Waals surface area (Å²) in [6.07, 6.45) is 0. The van der Waals surface area contributed by atoms with E-state index in [1.807, 2.05) is 0 Å². The van der Waals surface area contributed by atoms with Crippen LogP contribution in [-0.4, -0.2) is 9.13 Å². The van der Waals surface area contributed by atoms with E-state index in [0.717, 1.165) is 28.4 Å². The van der Waals surface area contributed by atoms with Gasteiger partial charge in [0.05, 0.1) is 27.8 Å². The summed E-state index contributed by atoms with van der Waals surface area (Å²) in [4.78, 5) is 2.43. The van der Waals surface area contributed by atoms with E-state index in [1.165, 1.54) is 65.5 Å². The van der Waals surface area contributed by atoms with Crippen LogP contribution in [-0.2, 0) is 0 Å². The van der Waals surface area contributed by atoms with E-state index in [2.05, 4.69) is 226 Å². The molecule has 2 aromatic heterocycles. The van der Waals surface area contributed by atoms with Gasteiger partial charge < -0.3 is 14.0 Å². The summed E-state index contributed by atoms with van der Waals surface area (Å²) < 4.78 is 4.84. The zero-order valence-corrected chi connectivity index (χ0v) is 30.0. The summed E-state index contributed by atoms with van der Waals surface area (Å²) >= 11 is 0. The number of hydrogen-bond acceptors (Lipinski definition) is 1. The van der Waals surface area contributed by atoms with Crippen molar-refractivity contribution in [1.29, 1.82) is 0 Å². The Hall–Kier alpha value is -7.36. The molecule has 0 N–H and O–H groups in total. The molecule has 0 aliphatic carbocycles. The lowest BCUT2D eigenvalue weighted by Crippen LogP contribution is -2.10. The zero-order valence-electron chi connectivity index (χ0n) is 30.0. The minimum atomic E-state index is 1.10. The molecule has 3 heteroatoms. The molecule has 0 bridgehead atoms. The Morgan fingerprint density at radius 2 is 0.873 bits per heavy atom. The van der Waals surface area contributed by atoms with Crippen LogP contribution < -0.4 is 4.90 Å². The molecular weight excluding hydrogens is 667 g/mol. The molecule has 0 aliphatic heterocycles. The van der Waals surface area contributed by atoms with Gasteiger partial charge in [-0.1, -0.05) is 133 Å². The number of benzene rings is 9. The van der Waals surface area contributed by atoms with E-state index in [9.17, 15) is 0 Å². The van der Waals surface area contributed by atoms with Crippen LogP contribution in [0.5, 0.6) is 0 Å². The lowest BCUT2D eigenvalue weighted by atomic mass is 9.97. The number of aromatic nitrogens is 2. The van der Waals surface area contributed by atoms with E-state index in [1.54, 1.807) is 0 Å². The van der Waals surface area contributed by atoms with Crippen LogP contribution in [0.25, 0.3) is 76.9 Å². The molecular formula is C52H35N3. The number of anilines is 3. The quantitative estimate of drug-likeness (QED) is 0.168. The SMILES string of the molecule is c1ccc(N(c2cc(-c3ccc4c(c3)c3ccccc3n4-c3ccccc3)c3c(c2)c2ccccc2n3-c2ccccc2)c2cccc3ccccc23)cc1. The van der Waals surface area contributed by atoms with Gasteiger partial charge in [0.15, 0.2) is 0 Å². The van der Waals surface area contributed by atoms with Crippen molar-refractivity contribution in [3.63, 3.8) is 0 Å². The smallest absolute Gasteiger partial charge is 0.0621 e. The molecule has 0 unspecified atom stereocenters. The lowest BCUT2D eigenvalue weighted by molar-refractivity contribution is 1.18. The third-order valence-corrected chi connectivity index (χ3v) is 11.0. The Balaban J connectivity index is 1.27. The summed E-state index contributed by atoms with van der Waals surface area (Å²) in [5.74, 6) is 0. The number of hydrogen-bond donors (Lipinski definition) is 0. The molecule has 0 saturated carbocycles. The highest BCUT2D eigenvalue weighted by molar-refractivity contribution is 6.17. The standard InChI is InChI=1S/C52H35N3/c1-4-19-38(20-5-1)53(48-30-16-18-36-17-10-11-25-42(36)48)41-34-45(52-47(35-41)44-27-13-15-29-50(44)55(52)40-23-8-3-9-24-40)37-31-32-51-46(33-37)43-26-12-14-28-49(43)54(51)39-21-6-2-7-22-39/h1-35H. The maximum Gasteiger partial charge on any atom is 0.0621 e. The van der Waals surface area contributed by atoms with Gasteiger partial charge in [-0.05, 0) is 89.8 Å². The zero-order chi connectivity index (χ0) is 36.3. The summed E-state index contributed by atoms with van der Waals surface area (Å²) in [5.41, 5.74) is 12.7. The number of rotatable bonds is 6. The predicted molar refractivity (Wildman–Crippen MR) is 233 cm³/mol. The average Bonchev–Trinajstić information content (AvgIpc) is 3.77. The first kappa shape index (κ1) is 31.2. The third-order valence-electron chi connectivity index (χ3n) is 11.0. The van der Waals surface area contributed by atoms with Crippen LogP contribution in [0.1, 0.15) is 0 Å². The molecule has 3 nitrogen and oxygen atoms in total. The highest BCUT2D eigenvalue weighted by Crippen LogP contribution is 2.46. The van der Waals surface area contributed by atoms with E-state index < -0.39 is 0 Å². The van der Waals surface area contributed by atoms with Crippen LogP contribution in [0.3, 0.4) is 0 Å². The Bertz CT molecular complexity index is 3190. The van der Waals surface area contributed by atoms with Crippen molar-refractivity contribution in [2.24, 2.45) is 0 Å². The molecule has 11 aromatic rings. The molecule has 0 amide bonds. The van der Waals surface area contributed by atoms with Crippen molar-refractivity contribution in [3.8, 4) is 22.5 Å². The van der Waals surface area contributed by atoms with Crippen LogP contribution in [0.15, 0.2) is 212 Å². The van der Waals surface area contributed by atoms with Gasteiger partial charge >= 0.3 is 0 Å². The molecule has 0 spiro atoms. The van der Waals surface area contributed by atoms with E-state index in [4.69, 9.17) is 0 Å². The van der Waals surface area contributed by atoms with Crippen molar-refractivity contribution < 1.29 is 0 Å². The first-order chi connectivity index (χ1) is 27.3. The number of para-hydroxylation sites is 5. The summed E-state index contributed by atoms with van der Waals surface area (Å²) in [6, 6.07) is 77.0. The molecule has 9 aromatic carbocycles. The topological polar surface area (TPSA) is 13.1 Å². The van der Waals surface area contributed by atoms with Crippen LogP contribution in [0, 0.1) is 0 Å². The van der Waals surface area contributed by atoms with Crippen LogP contribution in [0.4, 0.5) is 17.1 Å². The van der Waals surface area contributed by atoms with Crippen molar-refractivity contribution in [2.45, 2.75) is 0 Å². The minimum Gasteiger partial charge on any atom is -0.310 e. The molecule has 2 heterocycles. The number of fused-ring (bicyclic) bond motifs is 7. The molecule has 0 saturated heterocycles. The minimum absolute atomic E-state index is 1.10. The first-order valence-corrected chi connectivity index (χ1v) is 18.9. The van der Waals surface area contributed by atoms with Gasteiger partial charge in [-0.2, -0.15) is 0 Å². The molecule has 258 valence electrons. The van der Waals surface area contributed by atoms with Crippen LogP contribution in [0.2, 0.25) is 0 Å². The summed E-state index contributed by atoms with van der Waals surface area (Å²) in [7, 11) is 0. The highest BCUT2D eigenvalue weighted by atomic mass is 15.1. The van der Waals surface area contributed by atoms with Gasteiger partial charge in [0.1, 0.15) is 0 Å². The highest BCUT2D eigenvalue weighted by Gasteiger charge is 2.23. The van der Waals surface area contributed by atoms with E-state index >= 15 is 0 Å². The maximum atomic E-state index is 2.45. The summed E-state index contributed by atoms with van der Waals surface area (Å²) in [6.45, 7) is 0. The van der Waals surface area contributed by atoms with Gasteiger partial charge in [-0.3, -0.25) is 0 Å². The second-order valence-corrected chi connectivity index (χ2v) is 14.2. The fraction of sp³-hybridized carbons (Fsp3) is 0. The van der Waals surface area contributed by atoms with E-state index in [-0.39, 0.29) is 0 Å². The second kappa shape index (κ2) is 12.6. The largest absolute Gasteiger partial charge is 0.310 e. The van der Waals surface area contributed by atoms with Gasteiger partial charge in [-0.15, -0.1) is 0 Å². The third kappa shape index (κ3) is 4.98. The van der Waals surface area contributed by atoms with E-state index in [0.29, 0.717) is 0 Å². The van der Waals surface area contributed by atoms with Crippen LogP contribution >= 0.6 is 0 Å². The number of nitrogens with zero attached hydrogens (tertiary/aromatic N) is 3. The molecule has 11 rings (SSSR count). The Morgan fingerprint density at radius 1 is 0.327 bits per heavy atom. The molecule has 0 fully saturated rings. The van der Waals surface area contributed by atoms with Gasteiger partial charge in [0.2, 0.25) is 0 Å². The Labute approximate surface area is 319 Å². The van der Waals surface area contributed by atoms with Crippen molar-refractivity contribution >= 4 is 71.4 Å². The van der Waals surface area contributed by atoms with Crippen molar-refractivity contribution in [1.82, 2.24) is 9.13 Å². The second-order valence-electron chi connectivity index (χ2n) is 14.2. The fourth-order valence-corrected chi connectivity index (χ4v) is 8.68. The van der Waals surface area contributed by atoms with Crippen molar-refractivity contribution in [3.05, 3.63) is 212 Å². The average molecular weight is 702 g/mol. The van der Waals surface area contributed by atoms with Crippen molar-refractivity contribution in [2.75, 3.05) is 4.90 Å². The lowest BCUT2D eigenvalue weighted by Gasteiger charge is -2.28. The maximum absolute atomic E-state index is 2.45.